The van der Waals surface area contributed by atoms with E-state index in [1.807, 2.05) is 0 Å². The number of hydrogen-bond acceptors (Lipinski definition) is 1. The largest absolute Gasteiger partial charge is 0.366 e. The first-order valence-electron chi connectivity index (χ1n) is 6.43. The highest BCUT2D eigenvalue weighted by atomic mass is 15.2. The van der Waals surface area contributed by atoms with Crippen molar-refractivity contribution in [2.45, 2.75) is 52.0 Å². The van der Waals surface area contributed by atoms with Gasteiger partial charge >= 0.3 is 0 Å². The predicted molar refractivity (Wildman–Crippen MR) is 71.2 cm³/mol. The first-order chi connectivity index (χ1) is 7.56. The van der Waals surface area contributed by atoms with Crippen LogP contribution in [-0.4, -0.2) is 12.1 Å². The van der Waals surface area contributed by atoms with Gasteiger partial charge in [0.15, 0.2) is 0 Å². The lowest BCUT2D eigenvalue weighted by molar-refractivity contribution is 0.420. The topological polar surface area (TPSA) is 3.24 Å². The third-order valence-electron chi connectivity index (χ3n) is 4.14. The monoisotopic (exact) mass is 217 g/mol. The van der Waals surface area contributed by atoms with Crippen LogP contribution < -0.4 is 4.90 Å². The molecule has 1 nitrogen and oxygen atoms in total. The number of nitrogens with zero attached hydrogens (tertiary/aromatic N) is 1. The molecule has 1 aliphatic heterocycles. The molecule has 0 N–H and O–H groups in total. The third-order valence-corrected chi connectivity index (χ3v) is 4.14. The molecule has 0 aliphatic carbocycles. The Morgan fingerprint density at radius 3 is 2.69 bits per heavy atom. The molecule has 0 saturated carbocycles. The van der Waals surface area contributed by atoms with Crippen LogP contribution in [0.1, 0.15) is 52.0 Å². The molecule has 1 atom stereocenters. The molecule has 0 fully saturated rings. The van der Waals surface area contributed by atoms with Crippen LogP contribution in [0.2, 0.25) is 0 Å². The summed E-state index contributed by atoms with van der Waals surface area (Å²) < 4.78 is 0. The predicted octanol–water partition coefficient (Wildman–Crippen LogP) is 4.19. The van der Waals surface area contributed by atoms with Crippen molar-refractivity contribution in [1.29, 1.82) is 0 Å². The SMILES string of the molecule is CCC(C)(C)N1CCC(C)c2ccccc21. The number of hydrogen-bond donors (Lipinski definition) is 0. The molecule has 88 valence electrons. The van der Waals surface area contributed by atoms with Crippen molar-refractivity contribution in [3.8, 4) is 0 Å². The average Bonchev–Trinajstić information content (AvgIpc) is 2.29. The van der Waals surface area contributed by atoms with Gasteiger partial charge in [-0.25, -0.2) is 0 Å². The van der Waals surface area contributed by atoms with Crippen LogP contribution >= 0.6 is 0 Å². The summed E-state index contributed by atoms with van der Waals surface area (Å²) in [7, 11) is 0. The summed E-state index contributed by atoms with van der Waals surface area (Å²) in [5.41, 5.74) is 3.25. The van der Waals surface area contributed by atoms with Gasteiger partial charge in [0.25, 0.3) is 0 Å². The molecule has 16 heavy (non-hydrogen) atoms. The molecule has 0 spiro atoms. The van der Waals surface area contributed by atoms with Gasteiger partial charge in [-0.2, -0.15) is 0 Å². The smallest absolute Gasteiger partial charge is 0.0405 e. The fraction of sp³-hybridized carbons (Fsp3) is 0.600. The van der Waals surface area contributed by atoms with E-state index >= 15 is 0 Å². The summed E-state index contributed by atoms with van der Waals surface area (Å²) in [5, 5.41) is 0. The molecule has 0 saturated heterocycles. The molecule has 0 amide bonds. The second kappa shape index (κ2) is 4.12. The van der Waals surface area contributed by atoms with Crippen LogP contribution in [0.3, 0.4) is 0 Å². The van der Waals surface area contributed by atoms with E-state index in [4.69, 9.17) is 0 Å². The third kappa shape index (κ3) is 1.83. The molecule has 1 aliphatic rings. The molecule has 1 unspecified atom stereocenters. The van der Waals surface area contributed by atoms with Crippen LogP contribution in [-0.2, 0) is 0 Å². The number of anilines is 1. The molecule has 1 aromatic rings. The molecular formula is C15H23N. The van der Waals surface area contributed by atoms with Gasteiger partial charge in [-0.15, -0.1) is 0 Å². The highest BCUT2D eigenvalue weighted by molar-refractivity contribution is 5.58. The summed E-state index contributed by atoms with van der Waals surface area (Å²) in [4.78, 5) is 2.59. The van der Waals surface area contributed by atoms with Gasteiger partial charge in [0.1, 0.15) is 0 Å². The summed E-state index contributed by atoms with van der Waals surface area (Å²) in [5.74, 6) is 0.708. The fourth-order valence-corrected chi connectivity index (χ4v) is 2.57. The standard InChI is InChI=1S/C15H23N/c1-5-15(3,4)16-11-10-12(2)13-8-6-7-9-14(13)16/h6-9,12H,5,10-11H2,1-4H3. The van der Waals surface area contributed by atoms with E-state index in [-0.39, 0.29) is 5.54 Å². The lowest BCUT2D eigenvalue weighted by Gasteiger charge is -2.45. The minimum atomic E-state index is 0.274. The van der Waals surface area contributed by atoms with Gasteiger partial charge in [-0.3, -0.25) is 0 Å². The molecule has 0 aromatic heterocycles. The summed E-state index contributed by atoms with van der Waals surface area (Å²) in [6.07, 6.45) is 2.47. The van der Waals surface area contributed by atoms with Crippen molar-refractivity contribution >= 4 is 5.69 Å². The minimum absolute atomic E-state index is 0.274. The Kier molecular flexibility index (Phi) is 2.96. The quantitative estimate of drug-likeness (QED) is 0.718. The zero-order valence-corrected chi connectivity index (χ0v) is 11.0. The molecule has 0 bridgehead atoms. The minimum Gasteiger partial charge on any atom is -0.366 e. The van der Waals surface area contributed by atoms with Crippen molar-refractivity contribution < 1.29 is 0 Å². The van der Waals surface area contributed by atoms with Gasteiger partial charge in [-0.1, -0.05) is 32.0 Å². The molecular weight excluding hydrogens is 194 g/mol. The van der Waals surface area contributed by atoms with E-state index in [1.54, 1.807) is 0 Å². The van der Waals surface area contributed by atoms with Gasteiger partial charge in [-0.05, 0) is 44.2 Å². The number of para-hydroxylation sites is 1. The normalized spacial score (nSPS) is 20.8. The van der Waals surface area contributed by atoms with Gasteiger partial charge in [0.05, 0.1) is 0 Å². The Morgan fingerprint density at radius 1 is 1.31 bits per heavy atom. The summed E-state index contributed by atoms with van der Waals surface area (Å²) >= 11 is 0. The lowest BCUT2D eigenvalue weighted by Crippen LogP contribution is -2.46. The van der Waals surface area contributed by atoms with Crippen LogP contribution in [0.4, 0.5) is 5.69 Å². The summed E-state index contributed by atoms with van der Waals surface area (Å²) in [6.45, 7) is 10.5. The Hall–Kier alpha value is -0.980. The van der Waals surface area contributed by atoms with Crippen LogP contribution in [0.5, 0.6) is 0 Å². The van der Waals surface area contributed by atoms with E-state index in [0.29, 0.717) is 5.92 Å². The highest BCUT2D eigenvalue weighted by Gasteiger charge is 2.30. The number of fused-ring (bicyclic) bond motifs is 1. The first kappa shape index (κ1) is 11.5. The van der Waals surface area contributed by atoms with Crippen molar-refractivity contribution in [3.05, 3.63) is 29.8 Å². The summed E-state index contributed by atoms with van der Waals surface area (Å²) in [6, 6.07) is 8.90. The van der Waals surface area contributed by atoms with E-state index in [1.165, 1.54) is 30.6 Å². The Morgan fingerprint density at radius 2 is 2.00 bits per heavy atom. The second-order valence-electron chi connectivity index (χ2n) is 5.57. The molecule has 1 heterocycles. The number of benzene rings is 1. The van der Waals surface area contributed by atoms with Crippen LogP contribution in [0, 0.1) is 0 Å². The Balaban J connectivity index is 2.42. The molecule has 1 heteroatoms. The highest BCUT2D eigenvalue weighted by Crippen LogP contribution is 2.39. The number of rotatable bonds is 2. The van der Waals surface area contributed by atoms with Gasteiger partial charge in [0.2, 0.25) is 0 Å². The van der Waals surface area contributed by atoms with E-state index in [9.17, 15) is 0 Å². The maximum Gasteiger partial charge on any atom is 0.0405 e. The average molecular weight is 217 g/mol. The molecule has 0 radical (unpaired) electrons. The van der Waals surface area contributed by atoms with E-state index < -0.39 is 0 Å². The zero-order chi connectivity index (χ0) is 11.8. The lowest BCUT2D eigenvalue weighted by atomic mass is 9.87. The van der Waals surface area contributed by atoms with Crippen molar-refractivity contribution in [1.82, 2.24) is 0 Å². The van der Waals surface area contributed by atoms with Gasteiger partial charge in [0, 0.05) is 17.8 Å². The fourth-order valence-electron chi connectivity index (χ4n) is 2.57. The maximum absolute atomic E-state index is 2.59. The van der Waals surface area contributed by atoms with Crippen molar-refractivity contribution in [3.63, 3.8) is 0 Å². The van der Waals surface area contributed by atoms with Crippen LogP contribution in [0.15, 0.2) is 24.3 Å². The Bertz CT molecular complexity index is 367. The van der Waals surface area contributed by atoms with Crippen molar-refractivity contribution in [2.24, 2.45) is 0 Å². The maximum atomic E-state index is 2.59. The van der Waals surface area contributed by atoms with E-state index in [0.717, 1.165) is 0 Å². The second-order valence-corrected chi connectivity index (χ2v) is 5.57. The first-order valence-corrected chi connectivity index (χ1v) is 6.43. The zero-order valence-electron chi connectivity index (χ0n) is 11.0. The molecule has 2 rings (SSSR count). The van der Waals surface area contributed by atoms with Crippen molar-refractivity contribution in [2.75, 3.05) is 11.4 Å². The van der Waals surface area contributed by atoms with Crippen LogP contribution in [0.25, 0.3) is 0 Å². The molecule has 1 aromatic carbocycles. The Labute approximate surface area is 99.5 Å². The van der Waals surface area contributed by atoms with Gasteiger partial charge < -0.3 is 4.90 Å². The van der Waals surface area contributed by atoms with E-state index in [2.05, 4.69) is 56.9 Å².